The molecule has 2 unspecified atom stereocenters. The lowest BCUT2D eigenvalue weighted by Crippen LogP contribution is -2.44. The molecule has 0 aromatic heterocycles. The number of hydrogen-bond donors (Lipinski definition) is 2. The molecule has 4 heteroatoms. The smallest absolute Gasteiger partial charge is 0.234 e. The summed E-state index contributed by atoms with van der Waals surface area (Å²) >= 11 is 0. The monoisotopic (exact) mass is 284 g/mol. The molecule has 4 nitrogen and oxygen atoms in total. The number of ether oxygens (including phenoxy) is 1. The van der Waals surface area contributed by atoms with Gasteiger partial charge in [-0.25, -0.2) is 0 Å². The van der Waals surface area contributed by atoms with Crippen LogP contribution < -0.4 is 11.1 Å². The molecule has 1 fully saturated rings. The summed E-state index contributed by atoms with van der Waals surface area (Å²) < 4.78 is 5.55. The topological polar surface area (TPSA) is 64.3 Å². The third-order valence-electron chi connectivity index (χ3n) is 4.06. The molecule has 1 aliphatic heterocycles. The molecular formula is C16H32N2O2. The highest BCUT2D eigenvalue weighted by Gasteiger charge is 2.19. The van der Waals surface area contributed by atoms with Crippen LogP contribution in [0.2, 0.25) is 0 Å². The fourth-order valence-electron chi connectivity index (χ4n) is 2.73. The zero-order chi connectivity index (χ0) is 14.6. The maximum atomic E-state index is 11.4. The van der Waals surface area contributed by atoms with E-state index in [0.717, 1.165) is 38.8 Å². The van der Waals surface area contributed by atoms with Crippen molar-refractivity contribution in [2.45, 2.75) is 83.3 Å². The molecule has 0 aromatic carbocycles. The summed E-state index contributed by atoms with van der Waals surface area (Å²) in [7, 11) is 0. The fraction of sp³-hybridized carbons (Fsp3) is 0.938. The molecule has 118 valence electrons. The molecule has 2 atom stereocenters. The highest BCUT2D eigenvalue weighted by atomic mass is 16.5. The normalized spacial score (nSPS) is 20.1. The minimum absolute atomic E-state index is 0.185. The zero-order valence-electron chi connectivity index (χ0n) is 13.0. The summed E-state index contributed by atoms with van der Waals surface area (Å²) in [5.41, 5.74) is 5.46. The molecule has 0 spiro atoms. The molecule has 1 rings (SSSR count). The summed E-state index contributed by atoms with van der Waals surface area (Å²) in [4.78, 5) is 11.4. The molecule has 0 aliphatic carbocycles. The van der Waals surface area contributed by atoms with Crippen LogP contribution in [0.5, 0.6) is 0 Å². The van der Waals surface area contributed by atoms with E-state index in [1.165, 1.54) is 38.5 Å². The first-order chi connectivity index (χ1) is 9.74. The second-order valence-corrected chi connectivity index (χ2v) is 5.91. The summed E-state index contributed by atoms with van der Waals surface area (Å²) in [6.45, 7) is 3.84. The van der Waals surface area contributed by atoms with Crippen molar-refractivity contribution >= 4 is 5.91 Å². The second kappa shape index (κ2) is 11.1. The van der Waals surface area contributed by atoms with E-state index in [4.69, 9.17) is 10.5 Å². The molecule has 20 heavy (non-hydrogen) atoms. The van der Waals surface area contributed by atoms with E-state index in [-0.39, 0.29) is 18.1 Å². The number of carbonyl (C=O) groups excluding carboxylic acids is 1. The summed E-state index contributed by atoms with van der Waals surface area (Å²) in [6, 6.07) is -0.185. The molecule has 0 bridgehead atoms. The van der Waals surface area contributed by atoms with Crippen LogP contribution in [0.1, 0.15) is 71.1 Å². The maximum absolute atomic E-state index is 11.4. The van der Waals surface area contributed by atoms with Gasteiger partial charge in [0.2, 0.25) is 5.91 Å². The van der Waals surface area contributed by atoms with Gasteiger partial charge < -0.3 is 15.8 Å². The van der Waals surface area contributed by atoms with E-state index < -0.39 is 0 Å². The molecule has 3 N–H and O–H groups in total. The van der Waals surface area contributed by atoms with Crippen molar-refractivity contribution in [3.63, 3.8) is 0 Å². The second-order valence-electron chi connectivity index (χ2n) is 5.91. The first-order valence-corrected chi connectivity index (χ1v) is 8.38. The van der Waals surface area contributed by atoms with Crippen LogP contribution in [-0.4, -0.2) is 31.2 Å². The van der Waals surface area contributed by atoms with Gasteiger partial charge in [-0.05, 0) is 19.3 Å². The molecule has 1 amide bonds. The lowest BCUT2D eigenvalue weighted by molar-refractivity contribution is -0.120. The van der Waals surface area contributed by atoms with Crippen molar-refractivity contribution in [1.29, 1.82) is 0 Å². The Morgan fingerprint density at radius 2 is 1.95 bits per heavy atom. The van der Waals surface area contributed by atoms with Crippen LogP contribution in [0, 0.1) is 0 Å². The number of unbranched alkanes of at least 4 members (excludes halogenated alkanes) is 6. The van der Waals surface area contributed by atoms with Crippen LogP contribution in [0.4, 0.5) is 0 Å². The van der Waals surface area contributed by atoms with E-state index in [1.807, 2.05) is 0 Å². The van der Waals surface area contributed by atoms with Gasteiger partial charge >= 0.3 is 0 Å². The molecule has 1 saturated heterocycles. The molecular weight excluding hydrogens is 252 g/mol. The van der Waals surface area contributed by atoms with Gasteiger partial charge in [0, 0.05) is 13.2 Å². The van der Waals surface area contributed by atoms with E-state index >= 15 is 0 Å². The van der Waals surface area contributed by atoms with Gasteiger partial charge in [-0.2, -0.15) is 0 Å². The lowest BCUT2D eigenvalue weighted by atomic mass is 10.0. The Morgan fingerprint density at radius 3 is 2.55 bits per heavy atom. The number of rotatable bonds is 12. The Labute approximate surface area is 123 Å². The average molecular weight is 284 g/mol. The Bertz CT molecular complexity index is 253. The minimum Gasteiger partial charge on any atom is -0.377 e. The minimum atomic E-state index is -0.228. The standard InChI is InChI=1S/C16H32N2O2/c1-2-3-4-5-6-7-8-11-15(16(17)19)18-13-14-10-9-12-20-14/h14-15,18H,2-13H2,1H3,(H2,17,19). The van der Waals surface area contributed by atoms with Crippen molar-refractivity contribution in [3.8, 4) is 0 Å². The number of amides is 1. The molecule has 0 radical (unpaired) electrons. The Morgan fingerprint density at radius 1 is 1.25 bits per heavy atom. The van der Waals surface area contributed by atoms with Crippen molar-refractivity contribution < 1.29 is 9.53 Å². The van der Waals surface area contributed by atoms with E-state index in [1.54, 1.807) is 0 Å². The summed E-state index contributed by atoms with van der Waals surface area (Å²) in [6.07, 6.45) is 12.2. The maximum Gasteiger partial charge on any atom is 0.234 e. The van der Waals surface area contributed by atoms with Crippen LogP contribution in [0.3, 0.4) is 0 Å². The van der Waals surface area contributed by atoms with E-state index in [2.05, 4.69) is 12.2 Å². The van der Waals surface area contributed by atoms with Gasteiger partial charge in [-0.3, -0.25) is 4.79 Å². The van der Waals surface area contributed by atoms with Crippen LogP contribution in [-0.2, 0) is 9.53 Å². The van der Waals surface area contributed by atoms with Crippen LogP contribution in [0.25, 0.3) is 0 Å². The van der Waals surface area contributed by atoms with E-state index in [9.17, 15) is 4.79 Å². The SMILES string of the molecule is CCCCCCCCCC(NCC1CCCO1)C(N)=O. The van der Waals surface area contributed by atoms with E-state index in [0.29, 0.717) is 0 Å². The van der Waals surface area contributed by atoms with Crippen molar-refractivity contribution in [2.24, 2.45) is 5.73 Å². The molecule has 0 saturated carbocycles. The first-order valence-electron chi connectivity index (χ1n) is 8.38. The fourth-order valence-corrected chi connectivity index (χ4v) is 2.73. The average Bonchev–Trinajstić information content (AvgIpc) is 2.93. The van der Waals surface area contributed by atoms with Crippen LogP contribution >= 0.6 is 0 Å². The first kappa shape index (κ1) is 17.4. The van der Waals surface area contributed by atoms with Gasteiger partial charge in [-0.1, -0.05) is 51.9 Å². The Kier molecular flexibility index (Phi) is 9.67. The number of hydrogen-bond acceptors (Lipinski definition) is 3. The Balaban J connectivity index is 2.04. The third kappa shape index (κ3) is 7.85. The quantitative estimate of drug-likeness (QED) is 0.542. The van der Waals surface area contributed by atoms with Gasteiger partial charge in [0.1, 0.15) is 0 Å². The molecule has 1 aliphatic rings. The van der Waals surface area contributed by atoms with Crippen LogP contribution in [0.15, 0.2) is 0 Å². The Hall–Kier alpha value is -0.610. The number of nitrogens with one attached hydrogen (secondary N) is 1. The summed E-state index contributed by atoms with van der Waals surface area (Å²) in [5, 5.41) is 3.27. The van der Waals surface area contributed by atoms with Gasteiger partial charge in [0.25, 0.3) is 0 Å². The van der Waals surface area contributed by atoms with Gasteiger partial charge in [-0.15, -0.1) is 0 Å². The third-order valence-corrected chi connectivity index (χ3v) is 4.06. The summed E-state index contributed by atoms with van der Waals surface area (Å²) in [5.74, 6) is -0.228. The largest absolute Gasteiger partial charge is 0.377 e. The number of carbonyl (C=O) groups is 1. The number of nitrogens with two attached hydrogens (primary N) is 1. The zero-order valence-corrected chi connectivity index (χ0v) is 13.0. The number of primary amides is 1. The predicted octanol–water partition coefficient (Wildman–Crippen LogP) is 2.75. The van der Waals surface area contributed by atoms with Gasteiger partial charge in [0.05, 0.1) is 12.1 Å². The highest BCUT2D eigenvalue weighted by Crippen LogP contribution is 2.12. The molecule has 0 aromatic rings. The highest BCUT2D eigenvalue weighted by molar-refractivity contribution is 5.79. The van der Waals surface area contributed by atoms with Crippen molar-refractivity contribution in [3.05, 3.63) is 0 Å². The van der Waals surface area contributed by atoms with Gasteiger partial charge in [0.15, 0.2) is 0 Å². The molecule has 1 heterocycles. The predicted molar refractivity (Wildman–Crippen MR) is 82.6 cm³/mol. The lowest BCUT2D eigenvalue weighted by Gasteiger charge is -2.18. The van der Waals surface area contributed by atoms with Crippen molar-refractivity contribution in [1.82, 2.24) is 5.32 Å². The van der Waals surface area contributed by atoms with Crippen molar-refractivity contribution in [2.75, 3.05) is 13.2 Å².